The SMILES string of the molecule is CCOc1ccc(NC(=O)CC2CCCCC2)cc1S(=O)(=O)N(CC)CC. The summed E-state index contributed by atoms with van der Waals surface area (Å²) in [5.41, 5.74) is 0.491. The molecule has 2 rings (SSSR count). The van der Waals surface area contributed by atoms with Crippen molar-refractivity contribution < 1.29 is 17.9 Å². The molecular formula is C20H32N2O4S. The van der Waals surface area contributed by atoms with Crippen molar-refractivity contribution in [1.29, 1.82) is 0 Å². The molecule has 7 heteroatoms. The van der Waals surface area contributed by atoms with E-state index in [2.05, 4.69) is 5.32 Å². The van der Waals surface area contributed by atoms with Crippen LogP contribution in [0.1, 0.15) is 59.3 Å². The second-order valence-electron chi connectivity index (χ2n) is 6.94. The minimum atomic E-state index is -3.68. The molecule has 1 aliphatic carbocycles. The highest BCUT2D eigenvalue weighted by atomic mass is 32.2. The first-order chi connectivity index (χ1) is 12.9. The maximum Gasteiger partial charge on any atom is 0.246 e. The van der Waals surface area contributed by atoms with Crippen LogP contribution in [0.4, 0.5) is 5.69 Å². The lowest BCUT2D eigenvalue weighted by molar-refractivity contribution is -0.117. The molecule has 1 N–H and O–H groups in total. The van der Waals surface area contributed by atoms with E-state index in [1.54, 1.807) is 26.0 Å². The Balaban J connectivity index is 2.22. The summed E-state index contributed by atoms with van der Waals surface area (Å²) in [6, 6.07) is 4.83. The Morgan fingerprint density at radius 3 is 2.41 bits per heavy atom. The van der Waals surface area contributed by atoms with E-state index in [4.69, 9.17) is 4.74 Å². The van der Waals surface area contributed by atoms with Crippen LogP contribution < -0.4 is 10.1 Å². The van der Waals surface area contributed by atoms with E-state index < -0.39 is 10.0 Å². The molecule has 27 heavy (non-hydrogen) atoms. The Hall–Kier alpha value is -1.60. The number of nitrogens with one attached hydrogen (secondary N) is 1. The van der Waals surface area contributed by atoms with Gasteiger partial charge in [0, 0.05) is 25.2 Å². The van der Waals surface area contributed by atoms with Crippen molar-refractivity contribution in [2.45, 2.75) is 64.2 Å². The minimum absolute atomic E-state index is 0.0581. The molecular weight excluding hydrogens is 364 g/mol. The molecule has 6 nitrogen and oxygen atoms in total. The molecule has 0 spiro atoms. The number of hydrogen-bond donors (Lipinski definition) is 1. The van der Waals surface area contributed by atoms with E-state index in [-0.39, 0.29) is 10.8 Å². The standard InChI is InChI=1S/C20H32N2O4S/c1-4-22(5-2)27(24,25)19-15-17(12-13-18(19)26-6-3)21-20(23)14-16-10-8-7-9-11-16/h12-13,15-16H,4-11,14H2,1-3H3,(H,21,23). The number of amides is 1. The van der Waals surface area contributed by atoms with Gasteiger partial charge in [-0.15, -0.1) is 0 Å². The number of carbonyl (C=O) groups excluding carboxylic acids is 1. The zero-order valence-electron chi connectivity index (χ0n) is 16.7. The van der Waals surface area contributed by atoms with Gasteiger partial charge in [0.25, 0.3) is 0 Å². The second-order valence-corrected chi connectivity index (χ2v) is 8.85. The Labute approximate surface area is 163 Å². The molecule has 1 aliphatic rings. The number of anilines is 1. The van der Waals surface area contributed by atoms with E-state index in [1.807, 2.05) is 6.92 Å². The quantitative estimate of drug-likeness (QED) is 0.684. The van der Waals surface area contributed by atoms with Gasteiger partial charge in [-0.1, -0.05) is 33.1 Å². The summed E-state index contributed by atoms with van der Waals surface area (Å²) in [7, 11) is -3.68. The number of hydrogen-bond acceptors (Lipinski definition) is 4. The Morgan fingerprint density at radius 1 is 1.15 bits per heavy atom. The number of sulfonamides is 1. The number of benzene rings is 1. The molecule has 0 aliphatic heterocycles. The Bertz CT molecular complexity index is 723. The molecule has 1 aromatic carbocycles. The van der Waals surface area contributed by atoms with Crippen LogP contribution in [0.3, 0.4) is 0 Å². The van der Waals surface area contributed by atoms with Crippen LogP contribution >= 0.6 is 0 Å². The first kappa shape index (κ1) is 21.7. The van der Waals surface area contributed by atoms with Gasteiger partial charge in [-0.05, 0) is 43.9 Å². The highest BCUT2D eigenvalue weighted by Gasteiger charge is 2.26. The molecule has 0 bridgehead atoms. The fourth-order valence-corrected chi connectivity index (χ4v) is 5.25. The van der Waals surface area contributed by atoms with Crippen molar-refractivity contribution in [1.82, 2.24) is 4.31 Å². The summed E-state index contributed by atoms with van der Waals surface area (Å²) < 4.78 is 32.9. The molecule has 0 unspecified atom stereocenters. The van der Waals surface area contributed by atoms with Crippen molar-refractivity contribution in [3.05, 3.63) is 18.2 Å². The summed E-state index contributed by atoms with van der Waals surface area (Å²) in [5, 5.41) is 2.87. The molecule has 0 saturated heterocycles. The van der Waals surface area contributed by atoms with Crippen molar-refractivity contribution in [2.24, 2.45) is 5.92 Å². The zero-order chi connectivity index (χ0) is 19.9. The number of rotatable bonds is 9. The van der Waals surface area contributed by atoms with Gasteiger partial charge in [0.1, 0.15) is 10.6 Å². The molecule has 1 saturated carbocycles. The second kappa shape index (κ2) is 10.1. The first-order valence-electron chi connectivity index (χ1n) is 9.99. The topological polar surface area (TPSA) is 75.7 Å². The van der Waals surface area contributed by atoms with Crippen molar-refractivity contribution in [2.75, 3.05) is 25.0 Å². The van der Waals surface area contributed by atoms with Gasteiger partial charge in [0.05, 0.1) is 6.61 Å². The molecule has 0 atom stereocenters. The Morgan fingerprint density at radius 2 is 1.81 bits per heavy atom. The van der Waals surface area contributed by atoms with Crippen LogP contribution in [0.5, 0.6) is 5.75 Å². The molecule has 0 aromatic heterocycles. The minimum Gasteiger partial charge on any atom is -0.492 e. The maximum atomic E-state index is 13.0. The van der Waals surface area contributed by atoms with Crippen LogP contribution in [0.25, 0.3) is 0 Å². The zero-order valence-corrected chi connectivity index (χ0v) is 17.5. The molecule has 0 radical (unpaired) electrons. The average molecular weight is 397 g/mol. The number of ether oxygens (including phenoxy) is 1. The third-order valence-corrected chi connectivity index (χ3v) is 7.12. The lowest BCUT2D eigenvalue weighted by Gasteiger charge is -2.22. The van der Waals surface area contributed by atoms with Gasteiger partial charge in [0.2, 0.25) is 15.9 Å². The fourth-order valence-electron chi connectivity index (χ4n) is 3.63. The highest BCUT2D eigenvalue weighted by Crippen LogP contribution is 2.31. The van der Waals surface area contributed by atoms with Gasteiger partial charge in [-0.3, -0.25) is 4.79 Å². The summed E-state index contributed by atoms with van der Waals surface area (Å²) in [4.78, 5) is 12.5. The van der Waals surface area contributed by atoms with Crippen LogP contribution in [0.15, 0.2) is 23.1 Å². The number of carbonyl (C=O) groups is 1. The maximum absolute atomic E-state index is 13.0. The monoisotopic (exact) mass is 396 g/mol. The third kappa shape index (κ3) is 5.69. The lowest BCUT2D eigenvalue weighted by Crippen LogP contribution is -2.31. The molecule has 1 amide bonds. The van der Waals surface area contributed by atoms with Crippen molar-refractivity contribution in [3.63, 3.8) is 0 Å². The third-order valence-electron chi connectivity index (χ3n) is 5.05. The van der Waals surface area contributed by atoms with Crippen LogP contribution in [-0.4, -0.2) is 38.3 Å². The van der Waals surface area contributed by atoms with Crippen molar-refractivity contribution >= 4 is 21.6 Å². The first-order valence-corrected chi connectivity index (χ1v) is 11.4. The summed E-state index contributed by atoms with van der Waals surface area (Å²) >= 11 is 0. The predicted molar refractivity (Wildman–Crippen MR) is 108 cm³/mol. The Kier molecular flexibility index (Phi) is 8.10. The number of nitrogens with zero attached hydrogens (tertiary/aromatic N) is 1. The molecule has 1 fully saturated rings. The van der Waals surface area contributed by atoms with Gasteiger partial charge in [-0.2, -0.15) is 4.31 Å². The van der Waals surface area contributed by atoms with Crippen LogP contribution in [-0.2, 0) is 14.8 Å². The van der Waals surface area contributed by atoms with E-state index in [0.717, 1.165) is 12.8 Å². The van der Waals surface area contributed by atoms with Gasteiger partial charge in [-0.25, -0.2) is 8.42 Å². The van der Waals surface area contributed by atoms with Gasteiger partial charge in [0.15, 0.2) is 0 Å². The van der Waals surface area contributed by atoms with Crippen molar-refractivity contribution in [3.8, 4) is 5.75 Å². The van der Waals surface area contributed by atoms with E-state index >= 15 is 0 Å². The normalized spacial score (nSPS) is 15.7. The van der Waals surface area contributed by atoms with Crippen LogP contribution in [0.2, 0.25) is 0 Å². The molecule has 0 heterocycles. The molecule has 152 valence electrons. The lowest BCUT2D eigenvalue weighted by atomic mass is 9.87. The molecule has 1 aromatic rings. The summed E-state index contributed by atoms with van der Waals surface area (Å²) in [6.45, 7) is 6.54. The van der Waals surface area contributed by atoms with Crippen LogP contribution in [0, 0.1) is 5.92 Å². The highest BCUT2D eigenvalue weighted by molar-refractivity contribution is 7.89. The van der Waals surface area contributed by atoms with E-state index in [1.165, 1.54) is 29.6 Å². The summed E-state index contributed by atoms with van der Waals surface area (Å²) in [5.74, 6) is 0.687. The van der Waals surface area contributed by atoms with Gasteiger partial charge < -0.3 is 10.1 Å². The smallest absolute Gasteiger partial charge is 0.246 e. The fraction of sp³-hybridized carbons (Fsp3) is 0.650. The summed E-state index contributed by atoms with van der Waals surface area (Å²) in [6.07, 6.45) is 6.31. The predicted octanol–water partition coefficient (Wildman–Crippen LogP) is 4.02. The van der Waals surface area contributed by atoms with E-state index in [9.17, 15) is 13.2 Å². The van der Waals surface area contributed by atoms with Gasteiger partial charge >= 0.3 is 0 Å². The largest absolute Gasteiger partial charge is 0.492 e. The average Bonchev–Trinajstić information content (AvgIpc) is 2.64. The van der Waals surface area contributed by atoms with E-state index in [0.29, 0.717) is 43.5 Å².